The second kappa shape index (κ2) is 6.55. The first-order valence-corrected chi connectivity index (χ1v) is 7.96. The summed E-state index contributed by atoms with van der Waals surface area (Å²) in [6.07, 6.45) is 6.65. The molecule has 0 saturated heterocycles. The zero-order valence-electron chi connectivity index (χ0n) is 11.7. The Hall–Kier alpha value is -2.13. The average Bonchev–Trinajstić information content (AvgIpc) is 3.07. The van der Waals surface area contributed by atoms with E-state index in [-0.39, 0.29) is 5.91 Å². The summed E-state index contributed by atoms with van der Waals surface area (Å²) in [6, 6.07) is 14.4. The zero-order valence-corrected chi connectivity index (χ0v) is 12.6. The van der Waals surface area contributed by atoms with Crippen LogP contribution in [0.5, 0.6) is 0 Å². The molecule has 1 aromatic carbocycles. The van der Waals surface area contributed by atoms with Gasteiger partial charge in [0.05, 0.1) is 0 Å². The normalized spacial score (nSPS) is 15.2. The van der Waals surface area contributed by atoms with Crippen molar-refractivity contribution in [3.8, 4) is 0 Å². The lowest BCUT2D eigenvalue weighted by Gasteiger charge is -2.25. The molecule has 0 radical (unpaired) electrons. The Labute approximate surface area is 129 Å². The predicted octanol–water partition coefficient (Wildman–Crippen LogP) is 4.08. The maximum absolute atomic E-state index is 12.2. The maximum atomic E-state index is 12.2. The monoisotopic (exact) mass is 295 g/mol. The lowest BCUT2D eigenvalue weighted by molar-refractivity contribution is -0.125. The molecule has 0 fully saturated rings. The van der Waals surface area contributed by atoms with Crippen molar-refractivity contribution in [3.05, 3.63) is 70.4 Å². The van der Waals surface area contributed by atoms with Gasteiger partial charge in [-0.1, -0.05) is 42.5 Å². The van der Waals surface area contributed by atoms with Crippen LogP contribution < -0.4 is 0 Å². The van der Waals surface area contributed by atoms with Crippen molar-refractivity contribution in [3.63, 3.8) is 0 Å². The van der Waals surface area contributed by atoms with Crippen molar-refractivity contribution < 1.29 is 4.79 Å². The lowest BCUT2D eigenvalue weighted by atomic mass is 9.99. The highest BCUT2D eigenvalue weighted by molar-refractivity contribution is 7.10. The van der Waals surface area contributed by atoms with E-state index < -0.39 is 0 Å². The van der Waals surface area contributed by atoms with Gasteiger partial charge in [0, 0.05) is 24.0 Å². The molecule has 106 valence electrons. The third kappa shape index (κ3) is 3.50. The van der Waals surface area contributed by atoms with E-state index in [9.17, 15) is 4.79 Å². The van der Waals surface area contributed by atoms with Crippen molar-refractivity contribution in [1.29, 1.82) is 0 Å². The molecule has 1 aromatic heterocycles. The Morgan fingerprint density at radius 2 is 2.00 bits per heavy atom. The van der Waals surface area contributed by atoms with Crippen molar-refractivity contribution in [2.24, 2.45) is 0 Å². The fourth-order valence-corrected chi connectivity index (χ4v) is 3.05. The molecule has 0 atom stereocenters. The van der Waals surface area contributed by atoms with Gasteiger partial charge in [0.2, 0.25) is 5.91 Å². The van der Waals surface area contributed by atoms with E-state index >= 15 is 0 Å². The van der Waals surface area contributed by atoms with Crippen LogP contribution in [0.2, 0.25) is 0 Å². The number of rotatable bonds is 3. The van der Waals surface area contributed by atoms with E-state index in [1.54, 1.807) is 17.4 Å². The number of benzene rings is 1. The predicted molar refractivity (Wildman–Crippen MR) is 89.0 cm³/mol. The van der Waals surface area contributed by atoms with Crippen molar-refractivity contribution in [2.75, 3.05) is 13.1 Å². The van der Waals surface area contributed by atoms with Gasteiger partial charge in [-0.15, -0.1) is 11.3 Å². The highest BCUT2D eigenvalue weighted by Crippen LogP contribution is 2.22. The molecule has 0 N–H and O–H groups in total. The Kier molecular flexibility index (Phi) is 4.31. The second-order valence-electron chi connectivity index (χ2n) is 4.98. The lowest BCUT2D eigenvalue weighted by Crippen LogP contribution is -2.33. The van der Waals surface area contributed by atoms with Crippen LogP contribution in [-0.2, 0) is 4.79 Å². The first-order valence-electron chi connectivity index (χ1n) is 7.08. The van der Waals surface area contributed by atoms with Crippen molar-refractivity contribution in [2.45, 2.75) is 6.42 Å². The van der Waals surface area contributed by atoms with Gasteiger partial charge in [0.25, 0.3) is 0 Å². The van der Waals surface area contributed by atoms with Crippen LogP contribution >= 0.6 is 11.3 Å². The standard InChI is InChI=1S/C18H17NOS/c20-18(9-8-17-7-4-14-21-17)19-12-10-16(11-13-19)15-5-2-1-3-6-15/h1-10,14H,11-13H2/b9-8+. The maximum Gasteiger partial charge on any atom is 0.246 e. The number of amides is 1. The van der Waals surface area contributed by atoms with Crippen LogP contribution in [0.3, 0.4) is 0 Å². The molecule has 1 aliphatic heterocycles. The molecular weight excluding hydrogens is 278 g/mol. The Morgan fingerprint density at radius 3 is 2.67 bits per heavy atom. The summed E-state index contributed by atoms with van der Waals surface area (Å²) in [5, 5.41) is 2.01. The highest BCUT2D eigenvalue weighted by atomic mass is 32.1. The largest absolute Gasteiger partial charge is 0.335 e. The van der Waals surface area contributed by atoms with E-state index in [0.29, 0.717) is 6.54 Å². The molecule has 0 spiro atoms. The molecule has 21 heavy (non-hydrogen) atoms. The minimum absolute atomic E-state index is 0.0896. The van der Waals surface area contributed by atoms with E-state index in [2.05, 4.69) is 30.3 Å². The van der Waals surface area contributed by atoms with Crippen LogP contribution in [0, 0.1) is 0 Å². The molecule has 2 aromatic rings. The van der Waals surface area contributed by atoms with Gasteiger partial charge in [-0.2, -0.15) is 0 Å². The fraction of sp³-hybridized carbons (Fsp3) is 0.167. The molecule has 3 rings (SSSR count). The minimum Gasteiger partial charge on any atom is -0.335 e. The number of hydrogen-bond donors (Lipinski definition) is 0. The third-order valence-corrected chi connectivity index (χ3v) is 4.44. The van der Waals surface area contributed by atoms with Crippen LogP contribution in [0.1, 0.15) is 16.9 Å². The van der Waals surface area contributed by atoms with Crippen molar-refractivity contribution >= 4 is 28.9 Å². The molecule has 2 nitrogen and oxygen atoms in total. The quantitative estimate of drug-likeness (QED) is 0.781. The molecular formula is C18H17NOS. The SMILES string of the molecule is O=C(/C=C/c1cccs1)N1CC=C(c2ccccc2)CC1. The summed E-state index contributed by atoms with van der Waals surface area (Å²) in [5.74, 6) is 0.0896. The van der Waals surface area contributed by atoms with Gasteiger partial charge in [-0.3, -0.25) is 4.79 Å². The molecule has 0 aliphatic carbocycles. The Bertz CT molecular complexity index is 656. The smallest absolute Gasteiger partial charge is 0.246 e. The van der Waals surface area contributed by atoms with Crippen LogP contribution in [-0.4, -0.2) is 23.9 Å². The molecule has 1 amide bonds. The summed E-state index contributed by atoms with van der Waals surface area (Å²) < 4.78 is 0. The van der Waals surface area contributed by atoms with Gasteiger partial charge in [-0.05, 0) is 35.1 Å². The molecule has 1 aliphatic rings. The Morgan fingerprint density at radius 1 is 1.14 bits per heavy atom. The van der Waals surface area contributed by atoms with Gasteiger partial charge in [0.1, 0.15) is 0 Å². The van der Waals surface area contributed by atoms with Crippen LogP contribution in [0.4, 0.5) is 0 Å². The van der Waals surface area contributed by atoms with Gasteiger partial charge < -0.3 is 4.90 Å². The molecule has 2 heterocycles. The van der Waals surface area contributed by atoms with E-state index in [1.807, 2.05) is 34.6 Å². The van der Waals surface area contributed by atoms with Gasteiger partial charge in [-0.25, -0.2) is 0 Å². The summed E-state index contributed by atoms with van der Waals surface area (Å²) >= 11 is 1.64. The molecule has 3 heteroatoms. The fourth-order valence-electron chi connectivity index (χ4n) is 2.43. The molecule has 0 unspecified atom stereocenters. The topological polar surface area (TPSA) is 20.3 Å². The number of thiophene rings is 1. The number of carbonyl (C=O) groups excluding carboxylic acids is 1. The first-order chi connectivity index (χ1) is 10.3. The summed E-state index contributed by atoms with van der Waals surface area (Å²) in [4.78, 5) is 15.1. The summed E-state index contributed by atoms with van der Waals surface area (Å²) in [5.41, 5.74) is 2.60. The van der Waals surface area contributed by atoms with E-state index in [1.165, 1.54) is 11.1 Å². The molecule has 0 saturated carbocycles. The van der Waals surface area contributed by atoms with Crippen LogP contribution in [0.15, 0.2) is 60.0 Å². The van der Waals surface area contributed by atoms with Crippen molar-refractivity contribution in [1.82, 2.24) is 4.90 Å². The second-order valence-corrected chi connectivity index (χ2v) is 5.96. The Balaban J connectivity index is 1.62. The van der Waals surface area contributed by atoms with Crippen LogP contribution in [0.25, 0.3) is 11.6 Å². The minimum atomic E-state index is 0.0896. The van der Waals surface area contributed by atoms with Gasteiger partial charge >= 0.3 is 0 Å². The molecule has 0 bridgehead atoms. The van der Waals surface area contributed by atoms with E-state index in [4.69, 9.17) is 0 Å². The number of hydrogen-bond acceptors (Lipinski definition) is 2. The number of carbonyl (C=O) groups is 1. The summed E-state index contributed by atoms with van der Waals surface area (Å²) in [6.45, 7) is 1.48. The highest BCUT2D eigenvalue weighted by Gasteiger charge is 2.15. The summed E-state index contributed by atoms with van der Waals surface area (Å²) in [7, 11) is 0. The average molecular weight is 295 g/mol. The van der Waals surface area contributed by atoms with E-state index in [0.717, 1.165) is 17.8 Å². The third-order valence-electron chi connectivity index (χ3n) is 3.60. The van der Waals surface area contributed by atoms with Gasteiger partial charge in [0.15, 0.2) is 0 Å². The zero-order chi connectivity index (χ0) is 14.5. The number of nitrogens with zero attached hydrogens (tertiary/aromatic N) is 1. The first kappa shape index (κ1) is 13.8.